The highest BCUT2D eigenvalue weighted by atomic mass is 35.5. The molecule has 0 radical (unpaired) electrons. The minimum absolute atomic E-state index is 0.111. The van der Waals surface area contributed by atoms with Gasteiger partial charge in [0.05, 0.1) is 5.69 Å². The zero-order chi connectivity index (χ0) is 18.7. The van der Waals surface area contributed by atoms with Gasteiger partial charge in [-0.2, -0.15) is 0 Å². The summed E-state index contributed by atoms with van der Waals surface area (Å²) in [5.41, 5.74) is 1.29. The highest BCUT2D eigenvalue weighted by molar-refractivity contribution is 8.15. The molecule has 2 aromatic rings. The van der Waals surface area contributed by atoms with Crippen LogP contribution in [0.1, 0.15) is 6.42 Å². The van der Waals surface area contributed by atoms with Gasteiger partial charge in [-0.25, -0.2) is 4.99 Å². The standard InChI is InChI=1S/C18H15Cl2N3O2S/c1-23-16(24)10-15(17(25)21-13-6-2-11(19)3-7-13)26-18(23)22-14-8-4-12(20)5-9-14/h2-9,15H,10H2,1H3,(H,21,25)/t15-/m1/s1. The third-order valence-electron chi connectivity index (χ3n) is 3.72. The molecule has 8 heteroatoms. The number of halogens is 2. The number of amides is 2. The van der Waals surface area contributed by atoms with E-state index in [1.165, 1.54) is 16.7 Å². The maximum Gasteiger partial charge on any atom is 0.238 e. The van der Waals surface area contributed by atoms with Crippen LogP contribution in [0.4, 0.5) is 11.4 Å². The molecule has 0 aliphatic carbocycles. The van der Waals surface area contributed by atoms with Crippen molar-refractivity contribution >= 4 is 63.3 Å². The monoisotopic (exact) mass is 407 g/mol. The Morgan fingerprint density at radius 3 is 2.31 bits per heavy atom. The number of hydrogen-bond donors (Lipinski definition) is 1. The first-order valence-electron chi connectivity index (χ1n) is 7.76. The number of carbonyl (C=O) groups excluding carboxylic acids is 2. The van der Waals surface area contributed by atoms with Gasteiger partial charge in [0.25, 0.3) is 0 Å². The summed E-state index contributed by atoms with van der Waals surface area (Å²) in [6.45, 7) is 0. The fourth-order valence-corrected chi connectivity index (χ4v) is 3.60. The normalized spacial score (nSPS) is 18.9. The van der Waals surface area contributed by atoms with Crippen LogP contribution >= 0.6 is 35.0 Å². The Hall–Kier alpha value is -2.02. The van der Waals surface area contributed by atoms with Crippen LogP contribution in [-0.2, 0) is 9.59 Å². The highest BCUT2D eigenvalue weighted by Gasteiger charge is 2.34. The predicted octanol–water partition coefficient (Wildman–Crippen LogP) is 4.58. The molecule has 2 aromatic carbocycles. The van der Waals surface area contributed by atoms with Crippen molar-refractivity contribution in [3.63, 3.8) is 0 Å². The molecule has 134 valence electrons. The van der Waals surface area contributed by atoms with Gasteiger partial charge in [0.2, 0.25) is 11.8 Å². The molecule has 0 saturated carbocycles. The molecule has 1 fully saturated rings. The lowest BCUT2D eigenvalue weighted by molar-refractivity contribution is -0.128. The molecule has 1 N–H and O–H groups in total. The first-order chi connectivity index (χ1) is 12.4. The van der Waals surface area contributed by atoms with Crippen LogP contribution in [0.25, 0.3) is 0 Å². The fourth-order valence-electron chi connectivity index (χ4n) is 2.28. The molecule has 0 bridgehead atoms. The molecule has 0 unspecified atom stereocenters. The van der Waals surface area contributed by atoms with Crippen molar-refractivity contribution in [3.05, 3.63) is 58.6 Å². The Labute approximate surface area is 165 Å². The summed E-state index contributed by atoms with van der Waals surface area (Å²) in [5, 5.41) is 3.92. The topological polar surface area (TPSA) is 61.8 Å². The molecular weight excluding hydrogens is 393 g/mol. The molecule has 1 aliphatic heterocycles. The van der Waals surface area contributed by atoms with Gasteiger partial charge in [-0.05, 0) is 48.5 Å². The van der Waals surface area contributed by atoms with Crippen molar-refractivity contribution in [1.29, 1.82) is 0 Å². The van der Waals surface area contributed by atoms with E-state index in [1.807, 2.05) is 0 Å². The van der Waals surface area contributed by atoms with E-state index in [2.05, 4.69) is 10.3 Å². The Balaban J connectivity index is 1.76. The molecule has 1 atom stereocenters. The summed E-state index contributed by atoms with van der Waals surface area (Å²) < 4.78 is 0. The van der Waals surface area contributed by atoms with Gasteiger partial charge in [-0.3, -0.25) is 14.5 Å². The van der Waals surface area contributed by atoms with E-state index in [-0.39, 0.29) is 18.2 Å². The first-order valence-corrected chi connectivity index (χ1v) is 9.40. The number of nitrogens with one attached hydrogen (secondary N) is 1. The zero-order valence-corrected chi connectivity index (χ0v) is 16.1. The molecule has 0 aromatic heterocycles. The van der Waals surface area contributed by atoms with Crippen LogP contribution in [0.2, 0.25) is 10.0 Å². The van der Waals surface area contributed by atoms with Gasteiger partial charge in [0, 0.05) is 29.2 Å². The van der Waals surface area contributed by atoms with Gasteiger partial charge in [0.1, 0.15) is 5.25 Å². The number of hydrogen-bond acceptors (Lipinski definition) is 4. The van der Waals surface area contributed by atoms with Crippen LogP contribution in [-0.4, -0.2) is 34.2 Å². The molecule has 3 rings (SSSR count). The van der Waals surface area contributed by atoms with Gasteiger partial charge in [-0.1, -0.05) is 35.0 Å². The van der Waals surface area contributed by atoms with E-state index in [4.69, 9.17) is 23.2 Å². The number of amidine groups is 1. The number of benzene rings is 2. The number of thioether (sulfide) groups is 1. The maximum absolute atomic E-state index is 12.5. The summed E-state index contributed by atoms with van der Waals surface area (Å²) in [4.78, 5) is 30.7. The smallest absolute Gasteiger partial charge is 0.238 e. The Morgan fingerprint density at radius 2 is 1.69 bits per heavy atom. The van der Waals surface area contributed by atoms with Gasteiger partial charge in [-0.15, -0.1) is 0 Å². The van der Waals surface area contributed by atoms with Crippen molar-refractivity contribution in [2.75, 3.05) is 12.4 Å². The second-order valence-electron chi connectivity index (χ2n) is 5.63. The second kappa shape index (κ2) is 8.12. The Bertz CT molecular complexity index is 854. The van der Waals surface area contributed by atoms with Crippen LogP contribution in [0, 0.1) is 0 Å². The number of carbonyl (C=O) groups is 2. The van der Waals surface area contributed by atoms with Crippen LogP contribution < -0.4 is 5.32 Å². The summed E-state index contributed by atoms with van der Waals surface area (Å²) in [7, 11) is 1.65. The predicted molar refractivity (Wildman–Crippen MR) is 107 cm³/mol. The summed E-state index contributed by atoms with van der Waals surface area (Å²) in [5.74, 6) is -0.407. The van der Waals surface area contributed by atoms with E-state index in [0.29, 0.717) is 26.6 Å². The number of nitrogens with zero attached hydrogens (tertiary/aromatic N) is 2. The van der Waals surface area contributed by atoms with Crippen molar-refractivity contribution in [2.24, 2.45) is 4.99 Å². The van der Waals surface area contributed by atoms with E-state index in [0.717, 1.165) is 0 Å². The largest absolute Gasteiger partial charge is 0.325 e. The van der Waals surface area contributed by atoms with Crippen LogP contribution in [0.3, 0.4) is 0 Å². The summed E-state index contributed by atoms with van der Waals surface area (Å²) in [6.07, 6.45) is 0.111. The number of rotatable bonds is 3. The maximum atomic E-state index is 12.5. The fraction of sp³-hybridized carbons (Fsp3) is 0.167. The van der Waals surface area contributed by atoms with Crippen molar-refractivity contribution in [1.82, 2.24) is 4.90 Å². The molecule has 26 heavy (non-hydrogen) atoms. The Morgan fingerprint density at radius 1 is 1.12 bits per heavy atom. The van der Waals surface area contributed by atoms with Crippen molar-refractivity contribution in [3.8, 4) is 0 Å². The summed E-state index contributed by atoms with van der Waals surface area (Å²) >= 11 is 13.0. The summed E-state index contributed by atoms with van der Waals surface area (Å²) in [6, 6.07) is 13.8. The van der Waals surface area contributed by atoms with Crippen molar-refractivity contribution in [2.45, 2.75) is 11.7 Å². The van der Waals surface area contributed by atoms with Crippen LogP contribution in [0.5, 0.6) is 0 Å². The van der Waals surface area contributed by atoms with E-state index in [1.54, 1.807) is 55.6 Å². The lowest BCUT2D eigenvalue weighted by Crippen LogP contribution is -2.43. The highest BCUT2D eigenvalue weighted by Crippen LogP contribution is 2.29. The second-order valence-corrected chi connectivity index (χ2v) is 7.67. The molecule has 5 nitrogen and oxygen atoms in total. The third-order valence-corrected chi connectivity index (χ3v) is 5.47. The SMILES string of the molecule is CN1C(=O)C[C@H](C(=O)Nc2ccc(Cl)cc2)SC1=Nc1ccc(Cl)cc1. The molecule has 1 aliphatic rings. The molecule has 1 heterocycles. The quantitative estimate of drug-likeness (QED) is 0.809. The van der Waals surface area contributed by atoms with E-state index in [9.17, 15) is 9.59 Å². The van der Waals surface area contributed by atoms with Crippen LogP contribution in [0.15, 0.2) is 53.5 Å². The van der Waals surface area contributed by atoms with Crippen molar-refractivity contribution < 1.29 is 9.59 Å². The van der Waals surface area contributed by atoms with Gasteiger partial charge < -0.3 is 5.32 Å². The number of aliphatic imine (C=N–C) groups is 1. The minimum atomic E-state index is -0.555. The average molecular weight is 408 g/mol. The van der Waals surface area contributed by atoms with Gasteiger partial charge in [0.15, 0.2) is 5.17 Å². The molecule has 1 saturated heterocycles. The van der Waals surface area contributed by atoms with E-state index < -0.39 is 5.25 Å². The molecule has 0 spiro atoms. The third kappa shape index (κ3) is 4.58. The minimum Gasteiger partial charge on any atom is -0.325 e. The van der Waals surface area contributed by atoms with E-state index >= 15 is 0 Å². The first kappa shape index (κ1) is 18.8. The zero-order valence-electron chi connectivity index (χ0n) is 13.8. The molecule has 2 amide bonds. The lowest BCUT2D eigenvalue weighted by atomic mass is 10.2. The number of anilines is 1. The molecular formula is C18H15Cl2N3O2S. The lowest BCUT2D eigenvalue weighted by Gasteiger charge is -2.28. The van der Waals surface area contributed by atoms with Gasteiger partial charge >= 0.3 is 0 Å². The Kier molecular flexibility index (Phi) is 5.86. The average Bonchev–Trinajstić information content (AvgIpc) is 2.62.